The second-order valence-electron chi connectivity index (χ2n) is 7.93. The van der Waals surface area contributed by atoms with Gasteiger partial charge in [0.15, 0.2) is 0 Å². The summed E-state index contributed by atoms with van der Waals surface area (Å²) >= 11 is 1.69. The highest BCUT2D eigenvalue weighted by Gasteiger charge is 2.11. The molecule has 0 atom stereocenters. The first kappa shape index (κ1) is 22.3. The molecule has 2 aromatic heterocycles. The summed E-state index contributed by atoms with van der Waals surface area (Å²) in [6, 6.07) is 10.5. The second kappa shape index (κ2) is 11.2. The Labute approximate surface area is 183 Å². The van der Waals surface area contributed by atoms with Crippen LogP contribution in [0.15, 0.2) is 40.7 Å². The van der Waals surface area contributed by atoms with E-state index in [2.05, 4.69) is 89.0 Å². The molecule has 0 aliphatic carbocycles. The van der Waals surface area contributed by atoms with Crippen molar-refractivity contribution in [3.05, 3.63) is 41.3 Å². The summed E-state index contributed by atoms with van der Waals surface area (Å²) in [6.45, 7) is 3.81. The molecular weight excluding hydrogens is 392 g/mol. The van der Waals surface area contributed by atoms with Crippen LogP contribution in [0.3, 0.4) is 0 Å². The van der Waals surface area contributed by atoms with E-state index in [9.17, 15) is 0 Å². The Morgan fingerprint density at radius 1 is 0.967 bits per heavy atom. The largest absolute Gasteiger partial charge is 0.354 e. The number of thiophene rings is 1. The molecule has 0 amide bonds. The summed E-state index contributed by atoms with van der Waals surface area (Å²) in [7, 11) is 8.35. The number of benzene rings is 1. The van der Waals surface area contributed by atoms with Crippen LogP contribution in [0.2, 0.25) is 0 Å². The van der Waals surface area contributed by atoms with Crippen molar-refractivity contribution in [1.29, 1.82) is 0 Å². The van der Waals surface area contributed by atoms with Gasteiger partial charge in [0.1, 0.15) is 0 Å². The van der Waals surface area contributed by atoms with Crippen molar-refractivity contribution in [3.8, 4) is 11.3 Å². The van der Waals surface area contributed by atoms with Crippen LogP contribution < -0.4 is 5.32 Å². The minimum Gasteiger partial charge on any atom is -0.354 e. The van der Waals surface area contributed by atoms with E-state index in [-0.39, 0.29) is 0 Å². The Balaban J connectivity index is 1.70. The minimum atomic E-state index is 0.696. The lowest BCUT2D eigenvalue weighted by Gasteiger charge is -2.11. The van der Waals surface area contributed by atoms with Crippen LogP contribution in [-0.2, 0) is 0 Å². The first-order valence-corrected chi connectivity index (χ1v) is 11.3. The quantitative estimate of drug-likeness (QED) is 0.371. The molecule has 0 spiro atoms. The van der Waals surface area contributed by atoms with Gasteiger partial charge >= 0.3 is 0 Å². The Morgan fingerprint density at radius 2 is 1.70 bits per heavy atom. The molecule has 7 heteroatoms. The molecule has 0 fully saturated rings. The predicted molar refractivity (Wildman–Crippen MR) is 130 cm³/mol. The zero-order valence-corrected chi connectivity index (χ0v) is 19.2. The fourth-order valence-electron chi connectivity index (χ4n) is 3.11. The number of aliphatic imine (C=N–C) groups is 1. The maximum atomic E-state index is 4.83. The van der Waals surface area contributed by atoms with Gasteiger partial charge in [0.05, 0.1) is 15.9 Å². The van der Waals surface area contributed by atoms with Crippen LogP contribution in [0, 0.1) is 0 Å². The van der Waals surface area contributed by atoms with Crippen molar-refractivity contribution in [2.75, 3.05) is 59.7 Å². The molecule has 0 aliphatic heterocycles. The topological polar surface area (TPSA) is 56.7 Å². The van der Waals surface area contributed by atoms with Crippen molar-refractivity contribution in [2.24, 2.45) is 4.99 Å². The number of nitrogens with one attached hydrogen (secondary N) is 1. The molecule has 0 saturated carbocycles. The van der Waals surface area contributed by atoms with Gasteiger partial charge in [0.2, 0.25) is 5.95 Å². The van der Waals surface area contributed by atoms with Crippen molar-refractivity contribution in [3.63, 3.8) is 0 Å². The van der Waals surface area contributed by atoms with Gasteiger partial charge in [0, 0.05) is 24.9 Å². The number of aromatic nitrogens is 2. The summed E-state index contributed by atoms with van der Waals surface area (Å²) in [5.74, 6) is 0.696. The molecule has 6 nitrogen and oxygen atoms in total. The van der Waals surface area contributed by atoms with E-state index >= 15 is 0 Å². The van der Waals surface area contributed by atoms with Gasteiger partial charge in [-0.2, -0.15) is 0 Å². The van der Waals surface area contributed by atoms with Crippen molar-refractivity contribution >= 4 is 33.7 Å². The van der Waals surface area contributed by atoms with Crippen molar-refractivity contribution in [2.45, 2.75) is 12.8 Å². The van der Waals surface area contributed by atoms with Crippen LogP contribution in [-0.4, -0.2) is 80.4 Å². The molecule has 3 rings (SSSR count). The van der Waals surface area contributed by atoms with Gasteiger partial charge in [-0.1, -0.05) is 24.3 Å². The zero-order chi connectivity index (χ0) is 21.3. The molecule has 0 saturated heterocycles. The smallest absolute Gasteiger partial charge is 0.223 e. The maximum absolute atomic E-state index is 4.83. The SMILES string of the molecule is CN(C)CCCN=Cc1ccc(-c2nc(NCCCN(C)C)nc3ccsc23)cc1. The highest BCUT2D eigenvalue weighted by atomic mass is 32.1. The van der Waals surface area contributed by atoms with Crippen LogP contribution in [0.1, 0.15) is 18.4 Å². The highest BCUT2D eigenvalue weighted by Crippen LogP contribution is 2.31. The average Bonchev–Trinajstić information content (AvgIpc) is 3.19. The third-order valence-electron chi connectivity index (χ3n) is 4.69. The number of anilines is 1. The lowest BCUT2D eigenvalue weighted by Crippen LogP contribution is -2.17. The van der Waals surface area contributed by atoms with Gasteiger partial charge in [-0.15, -0.1) is 11.3 Å². The van der Waals surface area contributed by atoms with Crippen LogP contribution in [0.5, 0.6) is 0 Å². The molecule has 30 heavy (non-hydrogen) atoms. The fourth-order valence-corrected chi connectivity index (χ4v) is 3.95. The van der Waals surface area contributed by atoms with Crippen LogP contribution >= 0.6 is 11.3 Å². The molecule has 0 radical (unpaired) electrons. The fraction of sp³-hybridized carbons (Fsp3) is 0.435. The standard InChI is InChI=1S/C23H32N6S/c1-28(2)14-5-12-24-17-18-7-9-19(10-8-18)21-22-20(11-16-30-22)26-23(27-21)25-13-6-15-29(3)4/h7-11,16-17H,5-6,12-15H2,1-4H3,(H,25,26,27). The number of rotatable bonds is 11. The van der Waals surface area contributed by atoms with Gasteiger partial charge in [0.25, 0.3) is 0 Å². The van der Waals surface area contributed by atoms with Gasteiger partial charge in [-0.3, -0.25) is 4.99 Å². The van der Waals surface area contributed by atoms with Gasteiger partial charge in [-0.25, -0.2) is 9.97 Å². The molecule has 3 aromatic rings. The van der Waals surface area contributed by atoms with Crippen molar-refractivity contribution < 1.29 is 0 Å². The third-order valence-corrected chi connectivity index (χ3v) is 5.60. The lowest BCUT2D eigenvalue weighted by molar-refractivity contribution is 0.403. The number of hydrogen-bond donors (Lipinski definition) is 1. The van der Waals surface area contributed by atoms with E-state index < -0.39 is 0 Å². The van der Waals surface area contributed by atoms with E-state index in [1.54, 1.807) is 11.3 Å². The van der Waals surface area contributed by atoms with E-state index in [4.69, 9.17) is 4.98 Å². The summed E-state index contributed by atoms with van der Waals surface area (Å²) in [5, 5.41) is 5.46. The van der Waals surface area contributed by atoms with Gasteiger partial charge < -0.3 is 15.1 Å². The molecule has 2 heterocycles. The van der Waals surface area contributed by atoms with E-state index in [0.717, 1.165) is 66.1 Å². The molecule has 1 N–H and O–H groups in total. The van der Waals surface area contributed by atoms with Crippen LogP contribution in [0.4, 0.5) is 5.95 Å². The molecule has 0 aliphatic rings. The number of fused-ring (bicyclic) bond motifs is 1. The Morgan fingerprint density at radius 3 is 2.43 bits per heavy atom. The van der Waals surface area contributed by atoms with Crippen molar-refractivity contribution in [1.82, 2.24) is 19.8 Å². The van der Waals surface area contributed by atoms with Gasteiger partial charge in [-0.05, 0) is 71.1 Å². The molecule has 0 unspecified atom stereocenters. The lowest BCUT2D eigenvalue weighted by atomic mass is 10.1. The summed E-state index contributed by atoms with van der Waals surface area (Å²) in [4.78, 5) is 18.4. The number of nitrogens with zero attached hydrogens (tertiary/aromatic N) is 5. The van der Waals surface area contributed by atoms with E-state index in [1.165, 1.54) is 0 Å². The second-order valence-corrected chi connectivity index (χ2v) is 8.84. The Hall–Kier alpha value is -2.35. The Kier molecular flexibility index (Phi) is 8.30. The molecule has 0 bridgehead atoms. The predicted octanol–water partition coefficient (Wildman–Crippen LogP) is 4.09. The highest BCUT2D eigenvalue weighted by molar-refractivity contribution is 7.17. The summed E-state index contributed by atoms with van der Waals surface area (Å²) in [6.07, 6.45) is 4.08. The summed E-state index contributed by atoms with van der Waals surface area (Å²) in [5.41, 5.74) is 4.19. The molecular formula is C23H32N6S. The maximum Gasteiger partial charge on any atom is 0.223 e. The monoisotopic (exact) mass is 424 g/mol. The summed E-state index contributed by atoms with van der Waals surface area (Å²) < 4.78 is 1.12. The zero-order valence-electron chi connectivity index (χ0n) is 18.4. The first-order valence-electron chi connectivity index (χ1n) is 10.4. The Bertz CT molecular complexity index is 946. The number of hydrogen-bond acceptors (Lipinski definition) is 7. The van der Waals surface area contributed by atoms with E-state index in [0.29, 0.717) is 5.95 Å². The minimum absolute atomic E-state index is 0.696. The average molecular weight is 425 g/mol. The normalized spacial score (nSPS) is 11.9. The first-order chi connectivity index (χ1) is 14.5. The molecule has 160 valence electrons. The van der Waals surface area contributed by atoms with E-state index in [1.807, 2.05) is 6.21 Å². The third kappa shape index (κ3) is 6.58. The molecule has 1 aromatic carbocycles. The van der Waals surface area contributed by atoms with Crippen LogP contribution in [0.25, 0.3) is 21.5 Å².